The van der Waals surface area contributed by atoms with Crippen LogP contribution in [0.2, 0.25) is 0 Å². The summed E-state index contributed by atoms with van der Waals surface area (Å²) in [7, 11) is 0. The number of furan rings is 1. The summed E-state index contributed by atoms with van der Waals surface area (Å²) in [4.78, 5) is 25.8. The van der Waals surface area contributed by atoms with Crippen molar-refractivity contribution in [1.29, 1.82) is 0 Å². The first-order valence-electron chi connectivity index (χ1n) is 8.61. The van der Waals surface area contributed by atoms with Crippen LogP contribution in [0.15, 0.2) is 22.8 Å². The molecule has 2 unspecified atom stereocenters. The lowest BCUT2D eigenvalue weighted by Crippen LogP contribution is -2.45. The van der Waals surface area contributed by atoms with Gasteiger partial charge in [0, 0.05) is 32.2 Å². The Labute approximate surface area is 148 Å². The van der Waals surface area contributed by atoms with Crippen LogP contribution >= 0.6 is 0 Å². The number of carboxylic acid groups (broad SMARTS) is 1. The Morgan fingerprint density at radius 3 is 2.46 bits per heavy atom. The van der Waals surface area contributed by atoms with Crippen LogP contribution in [0.25, 0.3) is 0 Å². The fourth-order valence-electron chi connectivity index (χ4n) is 3.63. The molecule has 1 amide bonds. The van der Waals surface area contributed by atoms with Crippen LogP contribution in [-0.4, -0.2) is 65.2 Å². The third-order valence-corrected chi connectivity index (χ3v) is 4.98. The van der Waals surface area contributed by atoms with E-state index in [1.165, 1.54) is 32.4 Å². The number of hydrogen-bond acceptors (Lipinski definition) is 4. The van der Waals surface area contributed by atoms with Gasteiger partial charge in [-0.2, -0.15) is 13.2 Å². The number of nitrogens with zero attached hydrogens (tertiary/aromatic N) is 2. The Kier molecular flexibility index (Phi) is 5.27. The first-order valence-corrected chi connectivity index (χ1v) is 8.61. The summed E-state index contributed by atoms with van der Waals surface area (Å²) < 4.78 is 37.0. The van der Waals surface area contributed by atoms with Crippen LogP contribution in [-0.2, 0) is 4.79 Å². The normalized spacial score (nSPS) is 25.6. The standard InChI is InChI=1S/C15H20N2O2.C2HF3O2/c18-15(14-2-1-5-19-14)17-9-12-6-13(10-17)16(8-12)7-11-3-4-11;3-2(4,5)1(6)7/h1-2,5,11-13H,3-4,6-10H2;(H,6,7). The second kappa shape index (κ2) is 7.30. The third kappa shape index (κ3) is 4.57. The Morgan fingerprint density at radius 2 is 1.92 bits per heavy atom. The number of aliphatic carboxylic acids is 1. The molecule has 2 aliphatic heterocycles. The number of fused-ring (bicyclic) bond motifs is 2. The molecule has 2 saturated heterocycles. The van der Waals surface area contributed by atoms with Gasteiger partial charge < -0.3 is 14.4 Å². The molecule has 1 aromatic heterocycles. The maximum atomic E-state index is 12.3. The summed E-state index contributed by atoms with van der Waals surface area (Å²) in [6.07, 6.45) is 0.575. The van der Waals surface area contributed by atoms with Crippen molar-refractivity contribution in [2.45, 2.75) is 31.5 Å². The molecule has 2 bridgehead atoms. The maximum Gasteiger partial charge on any atom is 0.490 e. The number of hydrogen-bond donors (Lipinski definition) is 1. The van der Waals surface area contributed by atoms with Crippen molar-refractivity contribution < 1.29 is 32.3 Å². The van der Waals surface area contributed by atoms with Crippen molar-refractivity contribution in [3.05, 3.63) is 24.2 Å². The Hall–Kier alpha value is -2.03. The second-order valence-corrected chi connectivity index (χ2v) is 7.14. The summed E-state index contributed by atoms with van der Waals surface area (Å²) in [5.41, 5.74) is 0. The van der Waals surface area contributed by atoms with E-state index in [0.717, 1.165) is 19.0 Å². The van der Waals surface area contributed by atoms with Gasteiger partial charge in [0.25, 0.3) is 5.91 Å². The van der Waals surface area contributed by atoms with Gasteiger partial charge in [0.15, 0.2) is 5.76 Å². The van der Waals surface area contributed by atoms with E-state index in [1.54, 1.807) is 18.4 Å². The monoisotopic (exact) mass is 374 g/mol. The lowest BCUT2D eigenvalue weighted by Gasteiger charge is -2.32. The highest BCUT2D eigenvalue weighted by atomic mass is 19.4. The number of rotatable bonds is 3. The van der Waals surface area contributed by atoms with Crippen LogP contribution < -0.4 is 0 Å². The van der Waals surface area contributed by atoms with Gasteiger partial charge >= 0.3 is 12.1 Å². The number of carbonyl (C=O) groups excluding carboxylic acids is 1. The second-order valence-electron chi connectivity index (χ2n) is 7.14. The molecular formula is C17H21F3N2O4. The first kappa shape index (κ1) is 18.8. The molecule has 0 spiro atoms. The summed E-state index contributed by atoms with van der Waals surface area (Å²) in [6, 6.07) is 4.13. The van der Waals surface area contributed by atoms with Crippen molar-refractivity contribution >= 4 is 11.9 Å². The minimum Gasteiger partial charge on any atom is -0.475 e. The molecule has 1 aromatic rings. The lowest BCUT2D eigenvalue weighted by molar-refractivity contribution is -0.192. The molecule has 3 heterocycles. The molecule has 1 N–H and O–H groups in total. The van der Waals surface area contributed by atoms with Gasteiger partial charge in [-0.15, -0.1) is 0 Å². The fourth-order valence-corrected chi connectivity index (χ4v) is 3.63. The molecule has 3 aliphatic rings. The molecule has 0 aromatic carbocycles. The Morgan fingerprint density at radius 1 is 1.23 bits per heavy atom. The molecule has 144 valence electrons. The third-order valence-electron chi connectivity index (χ3n) is 4.98. The highest BCUT2D eigenvalue weighted by Crippen LogP contribution is 2.36. The Balaban J connectivity index is 0.000000242. The number of amides is 1. The number of alkyl halides is 3. The molecule has 9 heteroatoms. The lowest BCUT2D eigenvalue weighted by atomic mass is 10.00. The van der Waals surface area contributed by atoms with Gasteiger partial charge in [0.1, 0.15) is 0 Å². The van der Waals surface area contributed by atoms with Gasteiger partial charge in [-0.05, 0) is 43.2 Å². The van der Waals surface area contributed by atoms with E-state index in [2.05, 4.69) is 4.90 Å². The van der Waals surface area contributed by atoms with Crippen LogP contribution in [0, 0.1) is 11.8 Å². The van der Waals surface area contributed by atoms with Crippen LogP contribution in [0.4, 0.5) is 13.2 Å². The van der Waals surface area contributed by atoms with E-state index in [4.69, 9.17) is 14.3 Å². The predicted molar refractivity (Wildman–Crippen MR) is 84.5 cm³/mol. The van der Waals surface area contributed by atoms with E-state index in [-0.39, 0.29) is 5.91 Å². The minimum atomic E-state index is -5.08. The van der Waals surface area contributed by atoms with Gasteiger partial charge in [-0.25, -0.2) is 4.79 Å². The highest BCUT2D eigenvalue weighted by molar-refractivity contribution is 5.91. The maximum absolute atomic E-state index is 12.3. The summed E-state index contributed by atoms with van der Waals surface area (Å²) >= 11 is 0. The van der Waals surface area contributed by atoms with E-state index in [1.807, 2.05) is 4.90 Å². The topological polar surface area (TPSA) is 74.0 Å². The van der Waals surface area contributed by atoms with E-state index < -0.39 is 12.1 Å². The molecule has 1 saturated carbocycles. The zero-order valence-corrected chi connectivity index (χ0v) is 14.1. The molecule has 1 aliphatic carbocycles. The van der Waals surface area contributed by atoms with Crippen molar-refractivity contribution in [2.75, 3.05) is 26.2 Å². The average molecular weight is 374 g/mol. The van der Waals surface area contributed by atoms with E-state index in [0.29, 0.717) is 17.7 Å². The quantitative estimate of drug-likeness (QED) is 0.880. The van der Waals surface area contributed by atoms with Crippen molar-refractivity contribution in [3.63, 3.8) is 0 Å². The number of piperidine rings is 1. The summed E-state index contributed by atoms with van der Waals surface area (Å²) in [5, 5.41) is 7.12. The summed E-state index contributed by atoms with van der Waals surface area (Å²) in [5.74, 6) is -0.611. The zero-order valence-electron chi connectivity index (χ0n) is 14.1. The molecular weight excluding hydrogens is 353 g/mol. The van der Waals surface area contributed by atoms with Gasteiger partial charge in [-0.3, -0.25) is 9.69 Å². The molecule has 4 rings (SSSR count). The highest BCUT2D eigenvalue weighted by Gasteiger charge is 2.42. The van der Waals surface area contributed by atoms with Crippen molar-refractivity contribution in [1.82, 2.24) is 9.80 Å². The number of carboxylic acids is 1. The van der Waals surface area contributed by atoms with E-state index >= 15 is 0 Å². The fraction of sp³-hybridized carbons (Fsp3) is 0.647. The molecule has 6 nitrogen and oxygen atoms in total. The van der Waals surface area contributed by atoms with Gasteiger partial charge in [0.05, 0.1) is 6.26 Å². The SMILES string of the molecule is O=C(O)C(F)(F)F.O=C(c1ccco1)N1CC2CC(C1)N(CC1CC1)C2. The number of halogens is 3. The molecule has 26 heavy (non-hydrogen) atoms. The average Bonchev–Trinajstić information content (AvgIpc) is 3.13. The molecule has 2 atom stereocenters. The van der Waals surface area contributed by atoms with Crippen LogP contribution in [0.3, 0.4) is 0 Å². The molecule has 0 radical (unpaired) electrons. The smallest absolute Gasteiger partial charge is 0.475 e. The predicted octanol–water partition coefficient (Wildman–Crippen LogP) is 2.47. The summed E-state index contributed by atoms with van der Waals surface area (Å²) in [6.45, 7) is 4.22. The van der Waals surface area contributed by atoms with Crippen LogP contribution in [0.5, 0.6) is 0 Å². The van der Waals surface area contributed by atoms with Crippen LogP contribution in [0.1, 0.15) is 29.8 Å². The number of likely N-dealkylation sites (tertiary alicyclic amines) is 2. The largest absolute Gasteiger partial charge is 0.490 e. The molecule has 3 fully saturated rings. The van der Waals surface area contributed by atoms with Crippen molar-refractivity contribution in [3.8, 4) is 0 Å². The Bertz CT molecular complexity index is 643. The van der Waals surface area contributed by atoms with Gasteiger partial charge in [-0.1, -0.05) is 0 Å². The van der Waals surface area contributed by atoms with Gasteiger partial charge in [0.2, 0.25) is 0 Å². The zero-order chi connectivity index (χ0) is 18.9. The first-order chi connectivity index (χ1) is 12.2. The number of carbonyl (C=O) groups is 2. The van der Waals surface area contributed by atoms with E-state index in [9.17, 15) is 18.0 Å². The van der Waals surface area contributed by atoms with Crippen molar-refractivity contribution in [2.24, 2.45) is 11.8 Å². The minimum absolute atomic E-state index is 0.0629.